The van der Waals surface area contributed by atoms with Gasteiger partial charge in [-0.2, -0.15) is 0 Å². The highest BCUT2D eigenvalue weighted by Gasteiger charge is 2.16. The summed E-state index contributed by atoms with van der Waals surface area (Å²) in [5.74, 6) is 2.00. The SMILES string of the molecule is CCNc1nc(-c2ccc(Cl)cc2Br)nc(C)c1C(C)C. The van der Waals surface area contributed by atoms with Crippen molar-refractivity contribution in [2.75, 3.05) is 11.9 Å². The van der Waals surface area contributed by atoms with Gasteiger partial charge in [0.05, 0.1) is 0 Å². The Balaban J connectivity index is 2.60. The molecule has 2 rings (SSSR count). The minimum atomic E-state index is 0.377. The summed E-state index contributed by atoms with van der Waals surface area (Å²) < 4.78 is 0.897. The fraction of sp³-hybridized carbons (Fsp3) is 0.375. The molecular weight excluding hydrogens is 350 g/mol. The highest BCUT2D eigenvalue weighted by Crippen LogP contribution is 2.32. The van der Waals surface area contributed by atoms with E-state index in [-0.39, 0.29) is 0 Å². The molecule has 0 unspecified atom stereocenters. The van der Waals surface area contributed by atoms with E-state index in [4.69, 9.17) is 16.6 Å². The molecule has 2 aromatic rings. The van der Waals surface area contributed by atoms with Crippen molar-refractivity contribution in [2.45, 2.75) is 33.6 Å². The van der Waals surface area contributed by atoms with E-state index in [1.54, 1.807) is 0 Å². The number of benzene rings is 1. The van der Waals surface area contributed by atoms with E-state index < -0.39 is 0 Å². The van der Waals surface area contributed by atoms with Crippen LogP contribution in [-0.2, 0) is 0 Å². The van der Waals surface area contributed by atoms with Crippen LogP contribution in [0.3, 0.4) is 0 Å². The smallest absolute Gasteiger partial charge is 0.162 e. The summed E-state index contributed by atoms with van der Waals surface area (Å²) in [4.78, 5) is 9.38. The second kappa shape index (κ2) is 6.75. The van der Waals surface area contributed by atoms with Gasteiger partial charge in [0, 0.05) is 32.9 Å². The summed E-state index contributed by atoms with van der Waals surface area (Å²) in [7, 11) is 0. The molecule has 0 fully saturated rings. The van der Waals surface area contributed by atoms with Gasteiger partial charge < -0.3 is 5.32 Å². The molecule has 21 heavy (non-hydrogen) atoms. The van der Waals surface area contributed by atoms with Crippen LogP contribution in [0.1, 0.15) is 37.9 Å². The Labute approximate surface area is 139 Å². The zero-order valence-corrected chi connectivity index (χ0v) is 15.0. The summed E-state index contributed by atoms with van der Waals surface area (Å²) in [5.41, 5.74) is 3.12. The van der Waals surface area contributed by atoms with Gasteiger partial charge in [-0.1, -0.05) is 25.4 Å². The van der Waals surface area contributed by atoms with Gasteiger partial charge in [0.25, 0.3) is 0 Å². The van der Waals surface area contributed by atoms with Crippen LogP contribution in [0.2, 0.25) is 5.02 Å². The van der Waals surface area contributed by atoms with Crippen LogP contribution in [0.15, 0.2) is 22.7 Å². The van der Waals surface area contributed by atoms with Gasteiger partial charge in [0.15, 0.2) is 5.82 Å². The molecule has 3 nitrogen and oxygen atoms in total. The second-order valence-corrected chi connectivity index (χ2v) is 6.49. The Morgan fingerprint density at radius 3 is 2.57 bits per heavy atom. The van der Waals surface area contributed by atoms with Gasteiger partial charge >= 0.3 is 0 Å². The Bertz CT molecular complexity index is 656. The predicted molar refractivity (Wildman–Crippen MR) is 93.2 cm³/mol. The van der Waals surface area contributed by atoms with Gasteiger partial charge in [0.2, 0.25) is 0 Å². The van der Waals surface area contributed by atoms with E-state index in [1.165, 1.54) is 5.56 Å². The summed E-state index contributed by atoms with van der Waals surface area (Å²) in [6.07, 6.45) is 0. The van der Waals surface area contributed by atoms with Crippen molar-refractivity contribution in [1.82, 2.24) is 9.97 Å². The fourth-order valence-corrected chi connectivity index (χ4v) is 3.23. The van der Waals surface area contributed by atoms with E-state index in [0.717, 1.165) is 28.1 Å². The number of rotatable bonds is 4. The van der Waals surface area contributed by atoms with Crippen LogP contribution in [0.4, 0.5) is 5.82 Å². The Morgan fingerprint density at radius 2 is 2.00 bits per heavy atom. The lowest BCUT2D eigenvalue weighted by Gasteiger charge is -2.17. The van der Waals surface area contributed by atoms with E-state index >= 15 is 0 Å². The topological polar surface area (TPSA) is 37.8 Å². The first-order chi connectivity index (χ1) is 9.93. The number of hydrogen-bond donors (Lipinski definition) is 1. The quantitative estimate of drug-likeness (QED) is 0.782. The van der Waals surface area contributed by atoms with Gasteiger partial charge in [-0.25, -0.2) is 9.97 Å². The molecule has 0 aliphatic rings. The molecule has 1 aromatic carbocycles. The highest BCUT2D eigenvalue weighted by molar-refractivity contribution is 9.10. The summed E-state index contributed by atoms with van der Waals surface area (Å²) >= 11 is 9.53. The number of halogens is 2. The van der Waals surface area contributed by atoms with Crippen molar-refractivity contribution >= 4 is 33.3 Å². The van der Waals surface area contributed by atoms with Gasteiger partial charge in [0.1, 0.15) is 5.82 Å². The number of nitrogens with one attached hydrogen (secondary N) is 1. The molecule has 0 radical (unpaired) electrons. The molecule has 0 atom stereocenters. The third-order valence-electron chi connectivity index (χ3n) is 3.23. The van der Waals surface area contributed by atoms with E-state index in [9.17, 15) is 0 Å². The van der Waals surface area contributed by atoms with Crippen LogP contribution in [-0.4, -0.2) is 16.5 Å². The number of aromatic nitrogens is 2. The average Bonchev–Trinajstić information content (AvgIpc) is 2.37. The molecule has 1 heterocycles. The van der Waals surface area contributed by atoms with Gasteiger partial charge in [-0.3, -0.25) is 0 Å². The first-order valence-corrected chi connectivity index (χ1v) is 8.19. The van der Waals surface area contributed by atoms with Crippen molar-refractivity contribution < 1.29 is 0 Å². The normalized spacial score (nSPS) is 11.0. The molecule has 0 spiro atoms. The van der Waals surface area contributed by atoms with Crippen LogP contribution in [0, 0.1) is 6.92 Å². The summed E-state index contributed by atoms with van der Waals surface area (Å²) in [6.45, 7) is 9.25. The maximum Gasteiger partial charge on any atom is 0.162 e. The highest BCUT2D eigenvalue weighted by atomic mass is 79.9. The van der Waals surface area contributed by atoms with Crippen LogP contribution < -0.4 is 5.32 Å². The molecule has 1 N–H and O–H groups in total. The zero-order chi connectivity index (χ0) is 15.6. The van der Waals surface area contributed by atoms with Crippen LogP contribution in [0.5, 0.6) is 0 Å². The number of anilines is 1. The lowest BCUT2D eigenvalue weighted by atomic mass is 10.0. The minimum absolute atomic E-state index is 0.377. The van der Waals surface area contributed by atoms with Crippen molar-refractivity contribution in [3.8, 4) is 11.4 Å². The number of aryl methyl sites for hydroxylation is 1. The maximum atomic E-state index is 6.00. The summed E-state index contributed by atoms with van der Waals surface area (Å²) in [5, 5.41) is 4.03. The molecule has 5 heteroatoms. The molecule has 1 aromatic heterocycles. The molecule has 0 saturated carbocycles. The van der Waals surface area contributed by atoms with Crippen LogP contribution >= 0.6 is 27.5 Å². The van der Waals surface area contributed by atoms with Crippen LogP contribution in [0.25, 0.3) is 11.4 Å². The minimum Gasteiger partial charge on any atom is -0.370 e. The molecule has 0 amide bonds. The van der Waals surface area contributed by atoms with E-state index in [2.05, 4.69) is 47.0 Å². The van der Waals surface area contributed by atoms with Gasteiger partial charge in [-0.05, 0) is 53.9 Å². The monoisotopic (exact) mass is 367 g/mol. The van der Waals surface area contributed by atoms with E-state index in [1.807, 2.05) is 25.1 Å². The second-order valence-electron chi connectivity index (χ2n) is 5.20. The first-order valence-electron chi connectivity index (χ1n) is 7.01. The first kappa shape index (κ1) is 16.2. The lowest BCUT2D eigenvalue weighted by Crippen LogP contribution is -2.09. The maximum absolute atomic E-state index is 6.00. The Hall–Kier alpha value is -1.13. The van der Waals surface area contributed by atoms with Crippen molar-refractivity contribution in [1.29, 1.82) is 0 Å². The van der Waals surface area contributed by atoms with Crippen molar-refractivity contribution in [2.24, 2.45) is 0 Å². The molecule has 0 bridgehead atoms. The van der Waals surface area contributed by atoms with Gasteiger partial charge in [-0.15, -0.1) is 0 Å². The lowest BCUT2D eigenvalue weighted by molar-refractivity contribution is 0.831. The largest absolute Gasteiger partial charge is 0.370 e. The molecule has 0 saturated heterocycles. The average molecular weight is 369 g/mol. The number of hydrogen-bond acceptors (Lipinski definition) is 3. The third-order valence-corrected chi connectivity index (χ3v) is 4.12. The van der Waals surface area contributed by atoms with E-state index in [0.29, 0.717) is 16.8 Å². The van der Waals surface area contributed by atoms with Crippen molar-refractivity contribution in [3.63, 3.8) is 0 Å². The third kappa shape index (κ3) is 3.55. The summed E-state index contributed by atoms with van der Waals surface area (Å²) in [6, 6.07) is 5.65. The standard InChI is InChI=1S/C16H19BrClN3/c1-5-19-16-14(9(2)3)10(4)20-15(21-16)12-7-6-11(18)8-13(12)17/h6-9H,5H2,1-4H3,(H,19,20,21). The Kier molecular flexibility index (Phi) is 5.22. The molecule has 0 aliphatic heterocycles. The molecular formula is C16H19BrClN3. The zero-order valence-electron chi connectivity index (χ0n) is 12.7. The molecule has 0 aliphatic carbocycles. The Morgan fingerprint density at radius 1 is 1.29 bits per heavy atom. The van der Waals surface area contributed by atoms with Crippen molar-refractivity contribution in [3.05, 3.63) is 39.0 Å². The number of nitrogens with zero attached hydrogens (tertiary/aromatic N) is 2. The fourth-order valence-electron chi connectivity index (χ4n) is 2.37. The molecule has 112 valence electrons. The predicted octanol–water partition coefficient (Wildman–Crippen LogP) is 5.42.